The van der Waals surface area contributed by atoms with E-state index in [1.165, 1.54) is 0 Å². The first-order chi connectivity index (χ1) is 5.93. The summed E-state index contributed by atoms with van der Waals surface area (Å²) < 4.78 is 10.6. The molecule has 0 radical (unpaired) electrons. The van der Waals surface area contributed by atoms with Gasteiger partial charge in [-0.15, -0.1) is 0 Å². The van der Waals surface area contributed by atoms with Crippen LogP contribution in [0.5, 0.6) is 0 Å². The van der Waals surface area contributed by atoms with E-state index in [4.69, 9.17) is 14.6 Å². The number of ether oxygens (including phenoxy) is 2. The number of rotatable bonds is 3. The lowest BCUT2D eigenvalue weighted by atomic mass is 10.0. The second-order valence-corrected chi connectivity index (χ2v) is 3.99. The van der Waals surface area contributed by atoms with Crippen LogP contribution in [0, 0.1) is 5.92 Å². The summed E-state index contributed by atoms with van der Waals surface area (Å²) >= 11 is 0. The van der Waals surface area contributed by atoms with E-state index in [1.807, 2.05) is 13.8 Å². The summed E-state index contributed by atoms with van der Waals surface area (Å²) in [7, 11) is 0. The molecule has 2 atom stereocenters. The van der Waals surface area contributed by atoms with Crippen molar-refractivity contribution in [1.29, 1.82) is 0 Å². The van der Waals surface area contributed by atoms with Crippen LogP contribution in [-0.4, -0.2) is 29.6 Å². The summed E-state index contributed by atoms with van der Waals surface area (Å²) in [5.74, 6) is -1.23. The molecule has 1 aliphatic heterocycles. The van der Waals surface area contributed by atoms with Gasteiger partial charge < -0.3 is 14.6 Å². The molecule has 0 bridgehead atoms. The molecule has 2 unspecified atom stereocenters. The zero-order chi connectivity index (χ0) is 10.1. The smallest absolute Gasteiger partial charge is 0.335 e. The first kappa shape index (κ1) is 10.5. The molecule has 1 heterocycles. The number of aliphatic carboxylic acids is 1. The van der Waals surface area contributed by atoms with E-state index in [-0.39, 0.29) is 6.61 Å². The second-order valence-electron chi connectivity index (χ2n) is 3.99. The van der Waals surface area contributed by atoms with E-state index >= 15 is 0 Å². The maximum Gasteiger partial charge on any atom is 0.335 e. The van der Waals surface area contributed by atoms with Crippen molar-refractivity contribution in [2.24, 2.45) is 5.92 Å². The first-order valence-electron chi connectivity index (χ1n) is 4.47. The van der Waals surface area contributed by atoms with Crippen molar-refractivity contribution < 1.29 is 19.4 Å². The molecule has 1 fully saturated rings. The number of hydrogen-bond acceptors (Lipinski definition) is 3. The zero-order valence-corrected chi connectivity index (χ0v) is 8.24. The Hall–Kier alpha value is -0.610. The Morgan fingerprint density at radius 3 is 2.69 bits per heavy atom. The largest absolute Gasteiger partial charge is 0.479 e. The fraction of sp³-hybridized carbons (Fsp3) is 0.889. The summed E-state index contributed by atoms with van der Waals surface area (Å²) in [6, 6.07) is 0. The Morgan fingerprint density at radius 2 is 2.31 bits per heavy atom. The SMILES string of the molecule is CC(C)CC1(C)OCC(C(=O)O)O1. The van der Waals surface area contributed by atoms with Crippen LogP contribution < -0.4 is 0 Å². The van der Waals surface area contributed by atoms with Crippen LogP contribution in [0.15, 0.2) is 0 Å². The molecule has 1 saturated heterocycles. The molecule has 0 spiro atoms. The lowest BCUT2D eigenvalue weighted by Gasteiger charge is -2.24. The van der Waals surface area contributed by atoms with Crippen molar-refractivity contribution >= 4 is 5.97 Å². The van der Waals surface area contributed by atoms with Gasteiger partial charge in [0.1, 0.15) is 0 Å². The van der Waals surface area contributed by atoms with Crippen molar-refractivity contribution in [1.82, 2.24) is 0 Å². The predicted octanol–water partition coefficient (Wildman–Crippen LogP) is 1.25. The van der Waals surface area contributed by atoms with Crippen molar-refractivity contribution in [2.45, 2.75) is 39.1 Å². The van der Waals surface area contributed by atoms with Crippen molar-refractivity contribution in [3.63, 3.8) is 0 Å². The van der Waals surface area contributed by atoms with Gasteiger partial charge in [0.05, 0.1) is 6.61 Å². The third kappa shape index (κ3) is 2.67. The van der Waals surface area contributed by atoms with Crippen LogP contribution >= 0.6 is 0 Å². The maximum absolute atomic E-state index is 10.6. The Morgan fingerprint density at radius 1 is 1.69 bits per heavy atom. The molecule has 0 aromatic heterocycles. The summed E-state index contributed by atoms with van der Waals surface area (Å²) in [4.78, 5) is 10.6. The summed E-state index contributed by atoms with van der Waals surface area (Å²) in [5, 5.41) is 8.67. The Balaban J connectivity index is 2.51. The van der Waals surface area contributed by atoms with Gasteiger partial charge in [0.15, 0.2) is 11.9 Å². The van der Waals surface area contributed by atoms with Gasteiger partial charge in [0.2, 0.25) is 0 Å². The summed E-state index contributed by atoms with van der Waals surface area (Å²) in [5.41, 5.74) is 0. The van der Waals surface area contributed by atoms with Crippen LogP contribution in [0.25, 0.3) is 0 Å². The minimum absolute atomic E-state index is 0.151. The number of carboxylic acids is 1. The first-order valence-corrected chi connectivity index (χ1v) is 4.47. The molecule has 76 valence electrons. The van der Waals surface area contributed by atoms with Crippen molar-refractivity contribution in [2.75, 3.05) is 6.61 Å². The highest BCUT2D eigenvalue weighted by Gasteiger charge is 2.40. The van der Waals surface area contributed by atoms with E-state index in [2.05, 4.69) is 0 Å². The third-order valence-electron chi connectivity index (χ3n) is 1.99. The third-order valence-corrected chi connectivity index (χ3v) is 1.99. The summed E-state index contributed by atoms with van der Waals surface area (Å²) in [6.45, 7) is 6.03. The van der Waals surface area contributed by atoms with Crippen LogP contribution in [0.4, 0.5) is 0 Å². The van der Waals surface area contributed by atoms with Gasteiger partial charge in [-0.3, -0.25) is 0 Å². The fourth-order valence-corrected chi connectivity index (χ4v) is 1.59. The molecule has 0 aromatic rings. The molecular formula is C9H16O4. The van der Waals surface area contributed by atoms with E-state index in [0.717, 1.165) is 6.42 Å². The van der Waals surface area contributed by atoms with Crippen LogP contribution in [0.1, 0.15) is 27.2 Å². The standard InChI is InChI=1S/C9H16O4/c1-6(2)4-9(3)12-5-7(13-9)8(10)11/h6-7H,4-5H2,1-3H3,(H,10,11). The molecule has 0 amide bonds. The van der Waals surface area contributed by atoms with Crippen molar-refractivity contribution in [3.05, 3.63) is 0 Å². The number of carbonyl (C=O) groups is 1. The maximum atomic E-state index is 10.6. The summed E-state index contributed by atoms with van der Waals surface area (Å²) in [6.07, 6.45) is -0.0831. The second kappa shape index (κ2) is 3.64. The van der Waals surface area contributed by atoms with Crippen molar-refractivity contribution in [3.8, 4) is 0 Å². The monoisotopic (exact) mass is 188 g/mol. The molecule has 4 heteroatoms. The number of hydrogen-bond donors (Lipinski definition) is 1. The Labute approximate surface area is 77.8 Å². The predicted molar refractivity (Wildman–Crippen MR) is 46.3 cm³/mol. The molecule has 0 saturated carbocycles. The zero-order valence-electron chi connectivity index (χ0n) is 8.24. The minimum Gasteiger partial charge on any atom is -0.479 e. The average molecular weight is 188 g/mol. The minimum atomic E-state index is -0.951. The Bertz CT molecular complexity index is 202. The van der Waals surface area contributed by atoms with Crippen LogP contribution in [0.2, 0.25) is 0 Å². The fourth-order valence-electron chi connectivity index (χ4n) is 1.59. The van der Waals surface area contributed by atoms with Gasteiger partial charge in [-0.2, -0.15) is 0 Å². The highest BCUT2D eigenvalue weighted by molar-refractivity contribution is 5.72. The van der Waals surface area contributed by atoms with E-state index in [9.17, 15) is 4.79 Å². The van der Waals surface area contributed by atoms with Crippen LogP contribution in [-0.2, 0) is 14.3 Å². The van der Waals surface area contributed by atoms with E-state index in [0.29, 0.717) is 5.92 Å². The number of carboxylic acid groups (broad SMARTS) is 1. The highest BCUT2D eigenvalue weighted by atomic mass is 16.7. The molecule has 1 aliphatic rings. The quantitative estimate of drug-likeness (QED) is 0.724. The molecule has 1 N–H and O–H groups in total. The topological polar surface area (TPSA) is 55.8 Å². The molecular weight excluding hydrogens is 172 g/mol. The molecule has 0 aromatic carbocycles. The lowest BCUT2D eigenvalue weighted by molar-refractivity contribution is -0.177. The van der Waals surface area contributed by atoms with Gasteiger partial charge in [0, 0.05) is 6.42 Å². The molecule has 4 nitrogen and oxygen atoms in total. The lowest BCUT2D eigenvalue weighted by Crippen LogP contribution is -2.30. The van der Waals surface area contributed by atoms with Gasteiger partial charge in [0.25, 0.3) is 0 Å². The molecule has 0 aliphatic carbocycles. The average Bonchev–Trinajstić information content (AvgIpc) is 2.29. The van der Waals surface area contributed by atoms with Crippen LogP contribution in [0.3, 0.4) is 0 Å². The van der Waals surface area contributed by atoms with Gasteiger partial charge in [-0.05, 0) is 12.8 Å². The normalized spacial score (nSPS) is 34.0. The Kier molecular flexibility index (Phi) is 2.93. The van der Waals surface area contributed by atoms with Gasteiger partial charge >= 0.3 is 5.97 Å². The molecule has 13 heavy (non-hydrogen) atoms. The molecule has 1 rings (SSSR count). The van der Waals surface area contributed by atoms with Gasteiger partial charge in [-0.25, -0.2) is 4.79 Å². The van der Waals surface area contributed by atoms with E-state index in [1.54, 1.807) is 6.92 Å². The van der Waals surface area contributed by atoms with Gasteiger partial charge in [-0.1, -0.05) is 13.8 Å². The van der Waals surface area contributed by atoms with E-state index < -0.39 is 17.9 Å². The highest BCUT2D eigenvalue weighted by Crippen LogP contribution is 2.29.